The van der Waals surface area contributed by atoms with Crippen LogP contribution >= 0.6 is 0 Å². The van der Waals surface area contributed by atoms with E-state index in [0.717, 1.165) is 27.8 Å². The summed E-state index contributed by atoms with van der Waals surface area (Å²) in [6.07, 6.45) is 1.67. The lowest BCUT2D eigenvalue weighted by atomic mass is 10.1. The number of para-hydroxylation sites is 1. The van der Waals surface area contributed by atoms with E-state index in [1.807, 2.05) is 81.4 Å². The van der Waals surface area contributed by atoms with Gasteiger partial charge in [-0.25, -0.2) is 4.98 Å². The van der Waals surface area contributed by atoms with Crippen molar-refractivity contribution in [3.8, 4) is 0 Å². The molecule has 0 N–H and O–H groups in total. The molecule has 5 nitrogen and oxygen atoms in total. The number of pyridine rings is 2. The van der Waals surface area contributed by atoms with E-state index in [1.54, 1.807) is 21.7 Å². The molecule has 2 heterocycles. The SMILES string of the molecule is CCN(C(=O)c1cc2cccnc2n(Cc2ccc(C)cc2)c1=O)c1ccccc1C. The molecule has 5 heteroatoms. The topological polar surface area (TPSA) is 55.2 Å². The van der Waals surface area contributed by atoms with E-state index in [-0.39, 0.29) is 17.0 Å². The normalized spacial score (nSPS) is 10.9. The standard InChI is InChI=1S/C26H25N3O2/c1-4-28(23-10-6-5-8-19(23)3)25(30)22-16-21-9-7-15-27-24(21)29(26(22)31)17-20-13-11-18(2)12-14-20/h5-16H,4,17H2,1-3H3. The molecule has 0 aliphatic rings. The van der Waals surface area contributed by atoms with Gasteiger partial charge in [-0.1, -0.05) is 48.0 Å². The lowest BCUT2D eigenvalue weighted by molar-refractivity contribution is 0.0986. The number of fused-ring (bicyclic) bond motifs is 1. The first-order valence-corrected chi connectivity index (χ1v) is 10.4. The summed E-state index contributed by atoms with van der Waals surface area (Å²) < 4.78 is 1.60. The predicted octanol–water partition coefficient (Wildman–Crippen LogP) is 4.73. The fourth-order valence-electron chi connectivity index (χ4n) is 3.82. The molecule has 31 heavy (non-hydrogen) atoms. The number of carbonyl (C=O) groups excluding carboxylic acids is 1. The quantitative estimate of drug-likeness (QED) is 0.477. The van der Waals surface area contributed by atoms with Crippen LogP contribution in [0.1, 0.15) is 34.0 Å². The average Bonchev–Trinajstić information content (AvgIpc) is 2.78. The number of carbonyl (C=O) groups is 1. The summed E-state index contributed by atoms with van der Waals surface area (Å²) in [5, 5.41) is 0.762. The Bertz CT molecular complexity index is 1310. The second-order valence-electron chi connectivity index (χ2n) is 7.69. The molecule has 0 aliphatic heterocycles. The van der Waals surface area contributed by atoms with E-state index >= 15 is 0 Å². The van der Waals surface area contributed by atoms with Crippen LogP contribution in [0.5, 0.6) is 0 Å². The van der Waals surface area contributed by atoms with Crippen molar-refractivity contribution in [3.63, 3.8) is 0 Å². The van der Waals surface area contributed by atoms with Crippen LogP contribution in [0.2, 0.25) is 0 Å². The third-order valence-corrected chi connectivity index (χ3v) is 5.51. The minimum atomic E-state index is -0.330. The Morgan fingerprint density at radius 3 is 2.45 bits per heavy atom. The van der Waals surface area contributed by atoms with Crippen LogP contribution in [0.3, 0.4) is 0 Å². The smallest absolute Gasteiger partial charge is 0.265 e. The predicted molar refractivity (Wildman–Crippen MR) is 125 cm³/mol. The third kappa shape index (κ3) is 3.99. The Morgan fingerprint density at radius 2 is 1.74 bits per heavy atom. The van der Waals surface area contributed by atoms with Gasteiger partial charge in [0, 0.05) is 23.8 Å². The molecule has 0 unspecified atom stereocenters. The van der Waals surface area contributed by atoms with Crippen molar-refractivity contribution < 1.29 is 4.79 Å². The lowest BCUT2D eigenvalue weighted by Crippen LogP contribution is -2.37. The first-order valence-electron chi connectivity index (χ1n) is 10.4. The number of aromatic nitrogens is 2. The highest BCUT2D eigenvalue weighted by Gasteiger charge is 2.23. The molecular weight excluding hydrogens is 386 g/mol. The summed E-state index contributed by atoms with van der Waals surface area (Å²) in [6, 6.07) is 21.1. The molecular formula is C26H25N3O2. The maximum Gasteiger partial charge on any atom is 0.265 e. The molecule has 0 saturated carbocycles. The molecule has 0 fully saturated rings. The van der Waals surface area contributed by atoms with E-state index < -0.39 is 0 Å². The van der Waals surface area contributed by atoms with Crippen molar-refractivity contribution in [1.82, 2.24) is 9.55 Å². The molecule has 0 atom stereocenters. The first-order chi connectivity index (χ1) is 15.0. The van der Waals surface area contributed by atoms with Crippen LogP contribution in [-0.4, -0.2) is 22.0 Å². The van der Waals surface area contributed by atoms with Gasteiger partial charge in [0.2, 0.25) is 0 Å². The zero-order valence-electron chi connectivity index (χ0n) is 18.0. The molecule has 0 spiro atoms. The molecule has 156 valence electrons. The van der Waals surface area contributed by atoms with E-state index in [0.29, 0.717) is 18.7 Å². The first kappa shape index (κ1) is 20.5. The third-order valence-electron chi connectivity index (χ3n) is 5.51. The Hall–Kier alpha value is -3.73. The van der Waals surface area contributed by atoms with Gasteiger partial charge in [0.1, 0.15) is 11.2 Å². The van der Waals surface area contributed by atoms with Gasteiger partial charge in [-0.2, -0.15) is 0 Å². The Kier molecular flexibility index (Phi) is 5.67. The van der Waals surface area contributed by atoms with Crippen molar-refractivity contribution >= 4 is 22.6 Å². The second kappa shape index (κ2) is 8.56. The number of hydrogen-bond acceptors (Lipinski definition) is 3. The molecule has 1 amide bonds. The number of aryl methyl sites for hydroxylation is 2. The highest BCUT2D eigenvalue weighted by molar-refractivity contribution is 6.07. The van der Waals surface area contributed by atoms with Crippen LogP contribution in [-0.2, 0) is 6.54 Å². The van der Waals surface area contributed by atoms with E-state index in [1.165, 1.54) is 0 Å². The van der Waals surface area contributed by atoms with E-state index in [9.17, 15) is 9.59 Å². The van der Waals surface area contributed by atoms with Gasteiger partial charge in [0.25, 0.3) is 11.5 Å². The summed E-state index contributed by atoms with van der Waals surface area (Å²) >= 11 is 0. The Labute approximate surface area is 181 Å². The number of hydrogen-bond donors (Lipinski definition) is 0. The van der Waals surface area contributed by atoms with Crippen molar-refractivity contribution in [2.45, 2.75) is 27.3 Å². The lowest BCUT2D eigenvalue weighted by Gasteiger charge is -2.23. The second-order valence-corrected chi connectivity index (χ2v) is 7.69. The van der Waals surface area contributed by atoms with Gasteiger partial charge < -0.3 is 4.90 Å². The number of amides is 1. The maximum absolute atomic E-state index is 13.5. The van der Waals surface area contributed by atoms with Crippen molar-refractivity contribution in [2.75, 3.05) is 11.4 Å². The summed E-state index contributed by atoms with van der Waals surface area (Å²) in [5.41, 5.74) is 4.33. The van der Waals surface area contributed by atoms with Gasteiger partial charge in [-0.15, -0.1) is 0 Å². The van der Waals surface area contributed by atoms with Gasteiger partial charge in [0.15, 0.2) is 0 Å². The maximum atomic E-state index is 13.5. The minimum absolute atomic E-state index is 0.151. The Balaban J connectivity index is 1.85. The number of nitrogens with zero attached hydrogens (tertiary/aromatic N) is 3. The van der Waals surface area contributed by atoms with Gasteiger partial charge in [0.05, 0.1) is 6.54 Å². The highest BCUT2D eigenvalue weighted by Crippen LogP contribution is 2.22. The summed E-state index contributed by atoms with van der Waals surface area (Å²) in [5.74, 6) is -0.301. The monoisotopic (exact) mass is 411 g/mol. The van der Waals surface area contributed by atoms with Crippen molar-refractivity contribution in [2.24, 2.45) is 0 Å². The van der Waals surface area contributed by atoms with E-state index in [2.05, 4.69) is 4.98 Å². The molecule has 4 rings (SSSR count). The van der Waals surface area contributed by atoms with Crippen LogP contribution < -0.4 is 10.5 Å². The summed E-state index contributed by atoms with van der Waals surface area (Å²) in [4.78, 5) is 33.1. The molecule has 2 aromatic heterocycles. The molecule has 0 bridgehead atoms. The number of anilines is 1. The molecule has 0 aliphatic carbocycles. The van der Waals surface area contributed by atoms with Gasteiger partial charge >= 0.3 is 0 Å². The fourth-order valence-corrected chi connectivity index (χ4v) is 3.82. The highest BCUT2D eigenvalue weighted by atomic mass is 16.2. The van der Waals surface area contributed by atoms with Gasteiger partial charge in [-0.3, -0.25) is 14.2 Å². The molecule has 0 saturated heterocycles. The molecule has 2 aromatic carbocycles. The van der Waals surface area contributed by atoms with E-state index in [4.69, 9.17) is 0 Å². The Morgan fingerprint density at radius 1 is 1.00 bits per heavy atom. The summed E-state index contributed by atoms with van der Waals surface area (Å²) in [7, 11) is 0. The minimum Gasteiger partial charge on any atom is -0.308 e. The number of rotatable bonds is 5. The fraction of sp³-hybridized carbons (Fsp3) is 0.192. The largest absolute Gasteiger partial charge is 0.308 e. The van der Waals surface area contributed by atoms with Crippen molar-refractivity contribution in [1.29, 1.82) is 0 Å². The van der Waals surface area contributed by atoms with Gasteiger partial charge in [-0.05, 0) is 56.2 Å². The summed E-state index contributed by atoms with van der Waals surface area (Å²) in [6.45, 7) is 6.72. The molecule has 4 aromatic rings. The zero-order valence-corrected chi connectivity index (χ0v) is 18.0. The van der Waals surface area contributed by atoms with Crippen LogP contribution in [0.4, 0.5) is 5.69 Å². The zero-order chi connectivity index (χ0) is 22.0. The van der Waals surface area contributed by atoms with Crippen LogP contribution in [0.25, 0.3) is 11.0 Å². The number of benzene rings is 2. The molecule has 0 radical (unpaired) electrons. The van der Waals surface area contributed by atoms with Crippen molar-refractivity contribution in [3.05, 3.63) is 106 Å². The average molecular weight is 412 g/mol. The van der Waals surface area contributed by atoms with Crippen LogP contribution in [0, 0.1) is 13.8 Å². The van der Waals surface area contributed by atoms with Crippen LogP contribution in [0.15, 0.2) is 77.7 Å².